The molecular formula is C20H31N5OS. The molecule has 0 saturated carbocycles. The molecule has 4 N–H and O–H groups in total. The molecule has 1 aromatic carbocycles. The molecule has 3 rings (SSSR count). The zero-order valence-corrected chi connectivity index (χ0v) is 17.7. The highest BCUT2D eigenvalue weighted by atomic mass is 32.3. The zero-order valence-electron chi connectivity index (χ0n) is 16.9. The van der Waals surface area contributed by atoms with Gasteiger partial charge in [-0.15, -0.1) is 10.3 Å². The lowest BCUT2D eigenvalue weighted by atomic mass is 9.95. The Bertz CT molecular complexity index is 958. The highest BCUT2D eigenvalue weighted by molar-refractivity contribution is 8.28. The number of rotatable bonds is 7. The second kappa shape index (κ2) is 7.30. The van der Waals surface area contributed by atoms with Crippen molar-refractivity contribution in [1.29, 1.82) is 0 Å². The molecule has 3 aromatic rings. The fourth-order valence-corrected chi connectivity index (χ4v) is 4.09. The van der Waals surface area contributed by atoms with Crippen molar-refractivity contribution in [3.63, 3.8) is 0 Å². The third-order valence-electron chi connectivity index (χ3n) is 4.83. The standard InChI is InChI=1S/C20H31N5OS/c1-6-25-16(13-20(2,3)22-11-12-27(4,5)26)17-14-9-7-8-10-15(14)23-19(21)18(17)24-25/h7-10,22,26H,6,11-13H2,1-5H3,(H2,21,23). The lowest BCUT2D eigenvalue weighted by molar-refractivity contribution is 0.386. The number of aromatic nitrogens is 3. The van der Waals surface area contributed by atoms with Crippen LogP contribution in [0.4, 0.5) is 5.82 Å². The molecule has 0 bridgehead atoms. The Morgan fingerprint density at radius 2 is 1.96 bits per heavy atom. The Morgan fingerprint density at radius 1 is 1.26 bits per heavy atom. The van der Waals surface area contributed by atoms with Crippen molar-refractivity contribution in [3.05, 3.63) is 30.0 Å². The van der Waals surface area contributed by atoms with Crippen molar-refractivity contribution in [3.8, 4) is 0 Å². The number of anilines is 1. The highest BCUT2D eigenvalue weighted by Crippen LogP contribution is 2.34. The zero-order chi connectivity index (χ0) is 19.8. The van der Waals surface area contributed by atoms with Gasteiger partial charge in [-0.1, -0.05) is 18.2 Å². The summed E-state index contributed by atoms with van der Waals surface area (Å²) in [5.41, 5.74) is 8.94. The lowest BCUT2D eigenvalue weighted by Crippen LogP contribution is -2.43. The molecule has 0 aliphatic heterocycles. The van der Waals surface area contributed by atoms with E-state index < -0.39 is 10.3 Å². The maximum Gasteiger partial charge on any atom is 0.152 e. The van der Waals surface area contributed by atoms with Crippen LogP contribution in [0.15, 0.2) is 24.3 Å². The van der Waals surface area contributed by atoms with E-state index in [0.29, 0.717) is 5.82 Å². The maximum atomic E-state index is 10.1. The van der Waals surface area contributed by atoms with E-state index in [1.54, 1.807) is 0 Å². The normalized spacial score (nSPS) is 13.6. The smallest absolute Gasteiger partial charge is 0.152 e. The van der Waals surface area contributed by atoms with Gasteiger partial charge in [-0.05, 0) is 39.3 Å². The molecule has 0 fully saturated rings. The molecule has 0 radical (unpaired) electrons. The Kier molecular flexibility index (Phi) is 5.38. The van der Waals surface area contributed by atoms with E-state index in [-0.39, 0.29) is 5.54 Å². The van der Waals surface area contributed by atoms with Gasteiger partial charge in [-0.25, -0.2) is 4.98 Å². The van der Waals surface area contributed by atoms with E-state index in [9.17, 15) is 4.55 Å². The van der Waals surface area contributed by atoms with Crippen LogP contribution in [-0.2, 0) is 13.0 Å². The van der Waals surface area contributed by atoms with E-state index in [4.69, 9.17) is 10.8 Å². The second-order valence-electron chi connectivity index (χ2n) is 8.17. The van der Waals surface area contributed by atoms with Gasteiger partial charge in [0, 0.05) is 47.3 Å². The van der Waals surface area contributed by atoms with E-state index in [1.165, 1.54) is 5.69 Å². The molecule has 148 valence electrons. The van der Waals surface area contributed by atoms with Crippen molar-refractivity contribution in [2.45, 2.75) is 39.3 Å². The number of hydrogen-bond acceptors (Lipinski definition) is 5. The van der Waals surface area contributed by atoms with Gasteiger partial charge < -0.3 is 15.6 Å². The Hall–Kier alpha value is -1.83. The number of pyridine rings is 1. The number of benzene rings is 1. The predicted molar refractivity (Wildman–Crippen MR) is 118 cm³/mol. The van der Waals surface area contributed by atoms with Gasteiger partial charge in [0.25, 0.3) is 0 Å². The largest absolute Gasteiger partial charge is 0.382 e. The first-order chi connectivity index (χ1) is 12.6. The average Bonchev–Trinajstić information content (AvgIpc) is 2.92. The van der Waals surface area contributed by atoms with Crippen LogP contribution in [0.25, 0.3) is 21.8 Å². The van der Waals surface area contributed by atoms with Crippen molar-refractivity contribution < 1.29 is 4.55 Å². The number of para-hydroxylation sites is 1. The van der Waals surface area contributed by atoms with Gasteiger partial charge in [0.1, 0.15) is 5.52 Å². The number of nitrogens with zero attached hydrogens (tertiary/aromatic N) is 3. The van der Waals surface area contributed by atoms with Crippen molar-refractivity contribution >= 4 is 37.9 Å². The summed E-state index contributed by atoms with van der Waals surface area (Å²) < 4.78 is 12.1. The van der Waals surface area contributed by atoms with Gasteiger partial charge in [0.15, 0.2) is 5.82 Å². The minimum absolute atomic E-state index is 0.135. The monoisotopic (exact) mass is 389 g/mol. The lowest BCUT2D eigenvalue weighted by Gasteiger charge is -2.30. The molecule has 7 heteroatoms. The first kappa shape index (κ1) is 19.9. The number of nitrogen functional groups attached to an aromatic ring is 1. The molecule has 2 aromatic heterocycles. The summed E-state index contributed by atoms with van der Waals surface area (Å²) in [4.78, 5) is 4.53. The van der Waals surface area contributed by atoms with Crippen molar-refractivity contribution in [1.82, 2.24) is 20.1 Å². The minimum Gasteiger partial charge on any atom is -0.382 e. The maximum absolute atomic E-state index is 10.1. The molecule has 0 atom stereocenters. The number of aryl methyl sites for hydroxylation is 1. The topological polar surface area (TPSA) is 89.0 Å². The van der Waals surface area contributed by atoms with Gasteiger partial charge in [0.2, 0.25) is 0 Å². The SMILES string of the molecule is CCn1nc2c(N)nc3ccccc3c2c1CC(C)(C)NCCS(C)(C)O. The quantitative estimate of drug-likeness (QED) is 0.574. The first-order valence-corrected chi connectivity index (χ1v) is 11.9. The summed E-state index contributed by atoms with van der Waals surface area (Å²) in [6.07, 6.45) is 4.65. The summed E-state index contributed by atoms with van der Waals surface area (Å²) in [6.45, 7) is 8.05. The second-order valence-corrected chi connectivity index (χ2v) is 11.5. The van der Waals surface area contributed by atoms with Crippen LogP contribution in [0.3, 0.4) is 0 Å². The van der Waals surface area contributed by atoms with Crippen LogP contribution in [0.1, 0.15) is 26.5 Å². The van der Waals surface area contributed by atoms with Crippen LogP contribution in [0.2, 0.25) is 0 Å². The minimum atomic E-state index is -1.50. The van der Waals surface area contributed by atoms with E-state index in [1.807, 2.05) is 35.4 Å². The fraction of sp³-hybridized carbons (Fsp3) is 0.500. The van der Waals surface area contributed by atoms with Gasteiger partial charge in [-0.3, -0.25) is 4.68 Å². The number of nitrogens with two attached hydrogens (primary N) is 1. The van der Waals surface area contributed by atoms with Gasteiger partial charge >= 0.3 is 0 Å². The molecule has 0 saturated heterocycles. The van der Waals surface area contributed by atoms with Crippen LogP contribution >= 0.6 is 10.3 Å². The van der Waals surface area contributed by atoms with Crippen molar-refractivity contribution in [2.24, 2.45) is 0 Å². The van der Waals surface area contributed by atoms with Gasteiger partial charge in [0.05, 0.1) is 5.52 Å². The molecule has 27 heavy (non-hydrogen) atoms. The molecule has 0 unspecified atom stereocenters. The van der Waals surface area contributed by atoms with Crippen molar-refractivity contribution in [2.75, 3.05) is 30.5 Å². The van der Waals surface area contributed by atoms with Crippen LogP contribution in [0.5, 0.6) is 0 Å². The van der Waals surface area contributed by atoms with E-state index >= 15 is 0 Å². The summed E-state index contributed by atoms with van der Waals surface area (Å²) in [5.74, 6) is 1.26. The van der Waals surface area contributed by atoms with Crippen LogP contribution in [0, 0.1) is 0 Å². The molecule has 6 nitrogen and oxygen atoms in total. The first-order valence-electron chi connectivity index (χ1n) is 9.33. The summed E-state index contributed by atoms with van der Waals surface area (Å²) in [5, 5.41) is 10.5. The summed E-state index contributed by atoms with van der Waals surface area (Å²) in [7, 11) is -1.50. The van der Waals surface area contributed by atoms with Crippen LogP contribution in [-0.4, -0.2) is 49.7 Å². The molecule has 2 heterocycles. The number of hydrogen-bond donors (Lipinski definition) is 3. The van der Waals surface area contributed by atoms with E-state index in [2.05, 4.69) is 37.1 Å². The molecular weight excluding hydrogens is 358 g/mol. The Balaban J connectivity index is 2.02. The fourth-order valence-electron chi connectivity index (χ4n) is 3.49. The molecule has 0 aliphatic rings. The summed E-state index contributed by atoms with van der Waals surface area (Å²) in [6, 6.07) is 8.10. The Labute approximate surface area is 162 Å². The predicted octanol–water partition coefficient (Wildman–Crippen LogP) is 3.63. The molecule has 0 amide bonds. The number of fused-ring (bicyclic) bond motifs is 3. The summed E-state index contributed by atoms with van der Waals surface area (Å²) >= 11 is 0. The Morgan fingerprint density at radius 3 is 2.63 bits per heavy atom. The van der Waals surface area contributed by atoms with Crippen LogP contribution < -0.4 is 11.1 Å². The average molecular weight is 390 g/mol. The third kappa shape index (κ3) is 4.36. The van der Waals surface area contributed by atoms with E-state index in [0.717, 1.165) is 47.1 Å². The molecule has 0 spiro atoms. The third-order valence-corrected chi connectivity index (χ3v) is 6.03. The van der Waals surface area contributed by atoms with Gasteiger partial charge in [-0.2, -0.15) is 5.10 Å². The number of nitrogens with one attached hydrogen (secondary N) is 1. The molecule has 0 aliphatic carbocycles. The highest BCUT2D eigenvalue weighted by Gasteiger charge is 2.25.